The molecule has 3 aromatic rings. The van der Waals surface area contributed by atoms with E-state index in [1.54, 1.807) is 57.9 Å². The third-order valence-electron chi connectivity index (χ3n) is 5.07. The molecule has 8 heteroatoms. The van der Waals surface area contributed by atoms with Crippen molar-refractivity contribution in [1.29, 1.82) is 0 Å². The molecule has 1 saturated heterocycles. The van der Waals surface area contributed by atoms with Crippen molar-refractivity contribution in [2.75, 3.05) is 26.2 Å². The number of hydrogen-bond donors (Lipinski definition) is 0. The molecule has 2 aromatic heterocycles. The van der Waals surface area contributed by atoms with Gasteiger partial charge in [-0.3, -0.25) is 14.6 Å². The maximum Gasteiger partial charge on any atom is 0.273 e. The lowest BCUT2D eigenvalue weighted by molar-refractivity contribution is 0.0716. The lowest BCUT2D eigenvalue weighted by Gasteiger charge is -2.21. The number of hydrogen-bond acceptors (Lipinski definition) is 5. The van der Waals surface area contributed by atoms with E-state index in [0.717, 1.165) is 0 Å². The number of halogens is 1. The first-order chi connectivity index (χ1) is 14.6. The second kappa shape index (κ2) is 9.13. The molecule has 0 N–H and O–H groups in total. The first kappa shape index (κ1) is 20.2. The van der Waals surface area contributed by atoms with E-state index in [-0.39, 0.29) is 17.6 Å². The Bertz CT molecular complexity index is 1040. The van der Waals surface area contributed by atoms with Crippen molar-refractivity contribution in [3.05, 3.63) is 81.8 Å². The first-order valence-corrected chi connectivity index (χ1v) is 10.7. The minimum absolute atomic E-state index is 0.0486. The Morgan fingerprint density at radius 2 is 1.67 bits per heavy atom. The van der Waals surface area contributed by atoms with E-state index in [1.165, 1.54) is 17.4 Å². The highest BCUT2D eigenvalue weighted by Crippen LogP contribution is 2.19. The number of benzene rings is 1. The molecule has 0 saturated carbocycles. The molecule has 1 aliphatic rings. The lowest BCUT2D eigenvalue weighted by atomic mass is 10.1. The fourth-order valence-electron chi connectivity index (χ4n) is 3.46. The summed E-state index contributed by atoms with van der Waals surface area (Å²) >= 11 is 1.36. The quantitative estimate of drug-likeness (QED) is 0.645. The second-order valence-electron chi connectivity index (χ2n) is 7.07. The van der Waals surface area contributed by atoms with Gasteiger partial charge >= 0.3 is 0 Å². The average Bonchev–Trinajstić information content (AvgIpc) is 3.10. The fourth-order valence-corrected chi connectivity index (χ4v) is 4.25. The van der Waals surface area contributed by atoms with E-state index in [2.05, 4.69) is 9.97 Å². The van der Waals surface area contributed by atoms with Crippen molar-refractivity contribution < 1.29 is 14.0 Å². The molecule has 6 nitrogen and oxygen atoms in total. The van der Waals surface area contributed by atoms with Crippen molar-refractivity contribution in [3.8, 4) is 0 Å². The molecule has 1 aromatic carbocycles. The van der Waals surface area contributed by atoms with Crippen LogP contribution in [0.3, 0.4) is 0 Å². The molecule has 0 atom stereocenters. The SMILES string of the molecule is O=C(c1ccncc1)N1CCCN(C(=O)c2csc(Cc3ccccc3F)n2)CC1. The number of thiazole rings is 1. The van der Waals surface area contributed by atoms with Crippen LogP contribution in [-0.4, -0.2) is 57.8 Å². The van der Waals surface area contributed by atoms with Crippen molar-refractivity contribution in [2.45, 2.75) is 12.8 Å². The summed E-state index contributed by atoms with van der Waals surface area (Å²) in [6, 6.07) is 9.98. The third kappa shape index (κ3) is 4.54. The van der Waals surface area contributed by atoms with Crippen LogP contribution in [0.2, 0.25) is 0 Å². The van der Waals surface area contributed by atoms with Gasteiger partial charge in [0.25, 0.3) is 11.8 Å². The molecule has 0 spiro atoms. The van der Waals surface area contributed by atoms with Gasteiger partial charge in [0.05, 0.1) is 5.01 Å². The zero-order valence-electron chi connectivity index (χ0n) is 16.3. The third-order valence-corrected chi connectivity index (χ3v) is 5.92. The Morgan fingerprint density at radius 1 is 0.967 bits per heavy atom. The molecule has 0 unspecified atom stereocenters. The molecule has 2 amide bonds. The summed E-state index contributed by atoms with van der Waals surface area (Å²) < 4.78 is 13.9. The molecule has 1 fully saturated rings. The maximum absolute atomic E-state index is 13.9. The maximum atomic E-state index is 13.9. The van der Waals surface area contributed by atoms with E-state index in [0.29, 0.717) is 60.8 Å². The number of aromatic nitrogens is 2. The van der Waals surface area contributed by atoms with Crippen LogP contribution in [0.25, 0.3) is 0 Å². The number of rotatable bonds is 4. The minimum atomic E-state index is -0.271. The number of pyridine rings is 1. The number of nitrogens with zero attached hydrogens (tertiary/aromatic N) is 4. The largest absolute Gasteiger partial charge is 0.337 e. The van der Waals surface area contributed by atoms with Gasteiger partial charge in [-0.15, -0.1) is 11.3 Å². The number of amides is 2. The number of carbonyl (C=O) groups is 2. The summed E-state index contributed by atoms with van der Waals surface area (Å²) in [6.45, 7) is 2.09. The van der Waals surface area contributed by atoms with E-state index in [9.17, 15) is 14.0 Å². The molecular weight excluding hydrogens is 403 g/mol. The van der Waals surface area contributed by atoms with E-state index in [4.69, 9.17) is 0 Å². The van der Waals surface area contributed by atoms with Crippen LogP contribution >= 0.6 is 11.3 Å². The van der Waals surface area contributed by atoms with Gasteiger partial charge in [0.1, 0.15) is 11.5 Å². The zero-order valence-corrected chi connectivity index (χ0v) is 17.1. The van der Waals surface area contributed by atoms with Crippen LogP contribution < -0.4 is 0 Å². The Kier molecular flexibility index (Phi) is 6.13. The van der Waals surface area contributed by atoms with Crippen molar-refractivity contribution in [3.63, 3.8) is 0 Å². The lowest BCUT2D eigenvalue weighted by Crippen LogP contribution is -2.37. The van der Waals surface area contributed by atoms with Crippen molar-refractivity contribution >= 4 is 23.2 Å². The van der Waals surface area contributed by atoms with Crippen molar-refractivity contribution in [1.82, 2.24) is 19.8 Å². The summed E-state index contributed by atoms with van der Waals surface area (Å²) in [5.74, 6) is -0.469. The van der Waals surface area contributed by atoms with Crippen molar-refractivity contribution in [2.24, 2.45) is 0 Å². The first-order valence-electron chi connectivity index (χ1n) is 9.78. The van der Waals surface area contributed by atoms with Crippen LogP contribution in [0.5, 0.6) is 0 Å². The molecule has 0 aliphatic carbocycles. The van der Waals surface area contributed by atoms with Gasteiger partial charge in [-0.1, -0.05) is 18.2 Å². The molecule has 4 rings (SSSR count). The van der Waals surface area contributed by atoms with E-state index in [1.807, 2.05) is 0 Å². The zero-order chi connectivity index (χ0) is 20.9. The summed E-state index contributed by atoms with van der Waals surface area (Å²) in [6.07, 6.45) is 4.26. The highest BCUT2D eigenvalue weighted by Gasteiger charge is 2.25. The summed E-state index contributed by atoms with van der Waals surface area (Å²) in [5.41, 5.74) is 1.54. The van der Waals surface area contributed by atoms with Crippen LogP contribution in [0.1, 0.15) is 37.8 Å². The van der Waals surface area contributed by atoms with Gasteiger partial charge in [0, 0.05) is 55.9 Å². The predicted octanol–water partition coefficient (Wildman–Crippen LogP) is 3.26. The molecule has 1 aliphatic heterocycles. The Hall–Kier alpha value is -3.13. The predicted molar refractivity (Wildman–Crippen MR) is 112 cm³/mol. The molecule has 3 heterocycles. The fraction of sp³-hybridized carbons (Fsp3) is 0.273. The van der Waals surface area contributed by atoms with E-state index >= 15 is 0 Å². The van der Waals surface area contributed by atoms with Gasteiger partial charge in [-0.25, -0.2) is 9.37 Å². The van der Waals surface area contributed by atoms with Gasteiger partial charge in [0.15, 0.2) is 0 Å². The summed E-state index contributed by atoms with van der Waals surface area (Å²) in [7, 11) is 0. The Labute approximate surface area is 178 Å². The minimum Gasteiger partial charge on any atom is -0.337 e. The van der Waals surface area contributed by atoms with Crippen LogP contribution in [0, 0.1) is 5.82 Å². The van der Waals surface area contributed by atoms with Gasteiger partial charge in [-0.05, 0) is 30.2 Å². The second-order valence-corrected chi connectivity index (χ2v) is 8.01. The van der Waals surface area contributed by atoms with Crippen LogP contribution in [0.4, 0.5) is 4.39 Å². The summed E-state index contributed by atoms with van der Waals surface area (Å²) in [4.78, 5) is 37.5. The normalized spacial score (nSPS) is 14.4. The van der Waals surface area contributed by atoms with Gasteiger partial charge in [-0.2, -0.15) is 0 Å². The Morgan fingerprint density at radius 3 is 2.40 bits per heavy atom. The topological polar surface area (TPSA) is 66.4 Å². The average molecular weight is 425 g/mol. The van der Waals surface area contributed by atoms with E-state index < -0.39 is 0 Å². The smallest absolute Gasteiger partial charge is 0.273 e. The highest BCUT2D eigenvalue weighted by atomic mass is 32.1. The monoisotopic (exact) mass is 424 g/mol. The molecule has 30 heavy (non-hydrogen) atoms. The standard InChI is InChI=1S/C22H21FN4O2S/c23-18-5-2-1-4-17(18)14-20-25-19(15-30-20)22(29)27-11-3-10-26(12-13-27)21(28)16-6-8-24-9-7-16/h1-2,4-9,15H,3,10-14H2. The number of carbonyl (C=O) groups excluding carboxylic acids is 2. The van der Waals surface area contributed by atoms with Crippen LogP contribution in [-0.2, 0) is 6.42 Å². The van der Waals surface area contributed by atoms with Crippen LogP contribution in [0.15, 0.2) is 54.2 Å². The van der Waals surface area contributed by atoms with Gasteiger partial charge < -0.3 is 9.80 Å². The molecule has 0 radical (unpaired) electrons. The molecule has 154 valence electrons. The molecular formula is C22H21FN4O2S. The summed E-state index contributed by atoms with van der Waals surface area (Å²) in [5, 5.41) is 2.43. The van der Waals surface area contributed by atoms with Gasteiger partial charge in [0.2, 0.25) is 0 Å². The Balaban J connectivity index is 1.39. The highest BCUT2D eigenvalue weighted by molar-refractivity contribution is 7.09. The molecule has 0 bridgehead atoms.